The van der Waals surface area contributed by atoms with E-state index in [9.17, 15) is 0 Å². The van der Waals surface area contributed by atoms with Gasteiger partial charge in [-0.05, 0) is 25.0 Å². The van der Waals surface area contributed by atoms with Gasteiger partial charge in [0.1, 0.15) is 0 Å². The fourth-order valence-electron chi connectivity index (χ4n) is 2.04. The van der Waals surface area contributed by atoms with Crippen LogP contribution in [-0.4, -0.2) is 5.54 Å². The van der Waals surface area contributed by atoms with Crippen molar-refractivity contribution >= 4 is 11.8 Å². The van der Waals surface area contributed by atoms with E-state index < -0.39 is 0 Å². The fraction of sp³-hybridized carbons (Fsp3) is 0.385. The lowest BCUT2D eigenvalue weighted by Crippen LogP contribution is -2.34. The molecule has 0 aromatic heterocycles. The predicted molar refractivity (Wildman–Crippen MR) is 62.4 cm³/mol. The highest BCUT2D eigenvalue weighted by atomic mass is 15.0. The van der Waals surface area contributed by atoms with Crippen LogP contribution in [0.25, 0.3) is 6.08 Å². The maximum absolute atomic E-state index is 3.59. The Hall–Kier alpha value is -1.24. The van der Waals surface area contributed by atoms with E-state index in [1.165, 1.54) is 24.1 Å². The van der Waals surface area contributed by atoms with Gasteiger partial charge in [0.25, 0.3) is 0 Å². The number of hydrogen-bond donors (Lipinski definition) is 1. The van der Waals surface area contributed by atoms with Gasteiger partial charge in [-0.15, -0.1) is 0 Å². The van der Waals surface area contributed by atoms with Gasteiger partial charge in [-0.1, -0.05) is 43.7 Å². The summed E-state index contributed by atoms with van der Waals surface area (Å²) in [6, 6.07) is 8.45. The molecule has 0 saturated carbocycles. The number of para-hydroxylation sites is 1. The summed E-state index contributed by atoms with van der Waals surface area (Å²) in [5.74, 6) is 0. The zero-order chi connectivity index (χ0) is 10.0. The lowest BCUT2D eigenvalue weighted by Gasteiger charge is -2.32. The van der Waals surface area contributed by atoms with Gasteiger partial charge in [-0.25, -0.2) is 0 Å². The van der Waals surface area contributed by atoms with Gasteiger partial charge in [0.15, 0.2) is 0 Å². The topological polar surface area (TPSA) is 12.0 Å². The molecule has 1 aliphatic rings. The maximum Gasteiger partial charge on any atom is 0.0531 e. The number of fused-ring (bicyclic) bond motifs is 1. The molecule has 0 aliphatic carbocycles. The predicted octanol–water partition coefficient (Wildman–Crippen LogP) is 3.68. The Morgan fingerprint density at radius 3 is 2.86 bits per heavy atom. The first-order valence-corrected chi connectivity index (χ1v) is 5.30. The number of anilines is 1. The van der Waals surface area contributed by atoms with Crippen LogP contribution < -0.4 is 5.32 Å². The first kappa shape index (κ1) is 9.32. The molecular formula is C13H17N. The van der Waals surface area contributed by atoms with Gasteiger partial charge in [0.05, 0.1) is 5.54 Å². The molecule has 1 aliphatic heterocycles. The van der Waals surface area contributed by atoms with Crippen molar-refractivity contribution in [1.82, 2.24) is 0 Å². The molecule has 1 heterocycles. The Bertz CT molecular complexity index is 354. The summed E-state index contributed by atoms with van der Waals surface area (Å²) in [4.78, 5) is 0. The Morgan fingerprint density at radius 1 is 1.29 bits per heavy atom. The molecule has 0 amide bonds. The average molecular weight is 187 g/mol. The van der Waals surface area contributed by atoms with Crippen LogP contribution in [0.3, 0.4) is 0 Å². The molecule has 1 aromatic carbocycles. The molecule has 1 heteroatoms. The second-order valence-electron chi connectivity index (χ2n) is 4.21. The van der Waals surface area contributed by atoms with Crippen LogP contribution in [0.4, 0.5) is 5.69 Å². The first-order chi connectivity index (χ1) is 6.73. The zero-order valence-electron chi connectivity index (χ0n) is 8.88. The van der Waals surface area contributed by atoms with Gasteiger partial charge in [-0.2, -0.15) is 0 Å². The lowest BCUT2D eigenvalue weighted by atomic mass is 9.90. The summed E-state index contributed by atoms with van der Waals surface area (Å²) in [6.07, 6.45) is 6.88. The Balaban J connectivity index is 2.29. The van der Waals surface area contributed by atoms with Crippen LogP contribution in [0.1, 0.15) is 32.3 Å². The minimum Gasteiger partial charge on any atom is -0.376 e. The average Bonchev–Trinajstić information content (AvgIpc) is 2.17. The van der Waals surface area contributed by atoms with Gasteiger partial charge >= 0.3 is 0 Å². The summed E-state index contributed by atoms with van der Waals surface area (Å²) < 4.78 is 0. The molecule has 1 atom stereocenters. The lowest BCUT2D eigenvalue weighted by molar-refractivity contribution is 0.566. The Labute approximate surface area is 85.8 Å². The van der Waals surface area contributed by atoms with E-state index in [0.29, 0.717) is 0 Å². The second kappa shape index (κ2) is 3.49. The molecule has 0 spiro atoms. The zero-order valence-corrected chi connectivity index (χ0v) is 8.88. The Kier molecular flexibility index (Phi) is 2.32. The van der Waals surface area contributed by atoms with Crippen LogP contribution in [-0.2, 0) is 0 Å². The fourth-order valence-corrected chi connectivity index (χ4v) is 2.04. The number of hydrogen-bond acceptors (Lipinski definition) is 1. The third-order valence-electron chi connectivity index (χ3n) is 2.78. The third-order valence-corrected chi connectivity index (χ3v) is 2.78. The van der Waals surface area contributed by atoms with Crippen molar-refractivity contribution < 1.29 is 0 Å². The highest BCUT2D eigenvalue weighted by Crippen LogP contribution is 2.30. The van der Waals surface area contributed by atoms with Crippen molar-refractivity contribution in [2.45, 2.75) is 32.2 Å². The Morgan fingerprint density at radius 2 is 2.07 bits per heavy atom. The molecule has 1 unspecified atom stereocenters. The van der Waals surface area contributed by atoms with Gasteiger partial charge < -0.3 is 5.32 Å². The minimum atomic E-state index is 0.142. The van der Waals surface area contributed by atoms with E-state index in [2.05, 4.69) is 55.6 Å². The summed E-state index contributed by atoms with van der Waals surface area (Å²) in [6.45, 7) is 4.48. The molecule has 14 heavy (non-hydrogen) atoms. The van der Waals surface area contributed by atoms with Crippen molar-refractivity contribution in [1.29, 1.82) is 0 Å². The standard InChI is InChI=1S/C13H17N/c1-3-9-13(2)10-8-11-6-4-5-7-12(11)14-13/h4-8,10,14H,3,9H2,1-2H3. The number of benzene rings is 1. The molecule has 0 bridgehead atoms. The number of rotatable bonds is 2. The van der Waals surface area contributed by atoms with Gasteiger partial charge in [0, 0.05) is 5.69 Å². The molecule has 74 valence electrons. The van der Waals surface area contributed by atoms with E-state index >= 15 is 0 Å². The van der Waals surface area contributed by atoms with Crippen LogP contribution in [0, 0.1) is 0 Å². The first-order valence-electron chi connectivity index (χ1n) is 5.30. The smallest absolute Gasteiger partial charge is 0.0531 e. The van der Waals surface area contributed by atoms with E-state index in [4.69, 9.17) is 0 Å². The molecule has 1 N–H and O–H groups in total. The molecule has 0 saturated heterocycles. The summed E-state index contributed by atoms with van der Waals surface area (Å²) >= 11 is 0. The molecule has 0 radical (unpaired) electrons. The van der Waals surface area contributed by atoms with E-state index in [-0.39, 0.29) is 5.54 Å². The molecular weight excluding hydrogens is 170 g/mol. The normalized spacial score (nSPS) is 24.1. The monoisotopic (exact) mass is 187 g/mol. The summed E-state index contributed by atoms with van der Waals surface area (Å²) in [5, 5.41) is 3.59. The van der Waals surface area contributed by atoms with Crippen molar-refractivity contribution in [3.05, 3.63) is 35.9 Å². The van der Waals surface area contributed by atoms with Crippen LogP contribution in [0.15, 0.2) is 30.3 Å². The molecule has 2 rings (SSSR count). The minimum absolute atomic E-state index is 0.142. The van der Waals surface area contributed by atoms with Crippen molar-refractivity contribution in [3.63, 3.8) is 0 Å². The SMILES string of the molecule is CCCC1(C)C=Cc2ccccc2N1. The van der Waals surface area contributed by atoms with E-state index in [0.717, 1.165) is 0 Å². The van der Waals surface area contributed by atoms with Crippen molar-refractivity contribution in [2.75, 3.05) is 5.32 Å². The second-order valence-corrected chi connectivity index (χ2v) is 4.21. The van der Waals surface area contributed by atoms with Crippen LogP contribution in [0.2, 0.25) is 0 Å². The van der Waals surface area contributed by atoms with Crippen LogP contribution in [0.5, 0.6) is 0 Å². The third kappa shape index (κ3) is 1.67. The highest BCUT2D eigenvalue weighted by molar-refractivity contribution is 5.71. The largest absolute Gasteiger partial charge is 0.376 e. The van der Waals surface area contributed by atoms with Gasteiger partial charge in [-0.3, -0.25) is 0 Å². The quantitative estimate of drug-likeness (QED) is 0.744. The van der Waals surface area contributed by atoms with Crippen LogP contribution >= 0.6 is 0 Å². The maximum atomic E-state index is 3.59. The van der Waals surface area contributed by atoms with Crippen molar-refractivity contribution in [2.24, 2.45) is 0 Å². The molecule has 0 fully saturated rings. The molecule has 1 nitrogen and oxygen atoms in total. The van der Waals surface area contributed by atoms with E-state index in [1.807, 2.05) is 0 Å². The van der Waals surface area contributed by atoms with Gasteiger partial charge in [0.2, 0.25) is 0 Å². The number of nitrogens with one attached hydrogen (secondary N) is 1. The molecule has 1 aromatic rings. The highest BCUT2D eigenvalue weighted by Gasteiger charge is 2.22. The van der Waals surface area contributed by atoms with Crippen molar-refractivity contribution in [3.8, 4) is 0 Å². The van der Waals surface area contributed by atoms with E-state index in [1.54, 1.807) is 0 Å². The summed E-state index contributed by atoms with van der Waals surface area (Å²) in [5.41, 5.74) is 2.69. The summed E-state index contributed by atoms with van der Waals surface area (Å²) in [7, 11) is 0.